The van der Waals surface area contributed by atoms with E-state index in [0.29, 0.717) is 0 Å². The van der Waals surface area contributed by atoms with E-state index in [4.69, 9.17) is 4.12 Å². The van der Waals surface area contributed by atoms with Crippen molar-refractivity contribution in [3.8, 4) is 0 Å². The molecular weight excluding hydrogens is 323 g/mol. The molecule has 0 aromatic rings. The Hall–Kier alpha value is 1.17. The van der Waals surface area contributed by atoms with E-state index in [2.05, 4.69) is 51.0 Å². The normalized spacial score (nSPS) is 14.3. The van der Waals surface area contributed by atoms with Gasteiger partial charge in [-0.25, -0.2) is 11.6 Å². The quantitative estimate of drug-likeness (QED) is 0.535. The zero-order chi connectivity index (χ0) is 10.8. The number of rotatable bonds is 4. The molecule has 0 atom stereocenters. The van der Waals surface area contributed by atoms with Gasteiger partial charge in [0.25, 0.3) is 0 Å². The van der Waals surface area contributed by atoms with E-state index < -0.39 is 16.6 Å². The smallest absolute Gasteiger partial charge is 0.174 e. The second-order valence-corrected chi connectivity index (χ2v) is 14.4. The van der Waals surface area contributed by atoms with Gasteiger partial charge in [0, 0.05) is 21.7 Å². The van der Waals surface area contributed by atoms with Crippen molar-refractivity contribution in [2.24, 2.45) is 0 Å². The van der Waals surface area contributed by atoms with Crippen molar-refractivity contribution >= 4 is 41.4 Å². The molecule has 0 saturated carbocycles. The molecule has 0 aromatic carbocycles. The van der Waals surface area contributed by atoms with Gasteiger partial charge in [-0.15, -0.1) is 31.2 Å². The number of hydrogen-bond donors (Lipinski definition) is 0. The van der Waals surface area contributed by atoms with Crippen LogP contribution in [-0.4, -0.2) is 16.6 Å². The van der Waals surface area contributed by atoms with Crippen LogP contribution in [0.2, 0.25) is 38.8 Å². The summed E-state index contributed by atoms with van der Waals surface area (Å²) in [5, 5.41) is 0. The van der Waals surface area contributed by atoms with Gasteiger partial charge in [-0.05, 0) is 38.8 Å². The molecule has 1 aliphatic rings. The number of allylic oxidation sites excluding steroid dienone is 4. The average Bonchev–Trinajstić information content (AvgIpc) is 2.31. The summed E-state index contributed by atoms with van der Waals surface area (Å²) < 4.78 is 6.27. The SMILES string of the molecule is C[Si](C)(C)O[Si](C)(C)CC1=[C-]CC=C1.Cl.Cl.[Ti]. The molecule has 6 heteroatoms. The maximum Gasteiger partial charge on any atom is 0.174 e. The van der Waals surface area contributed by atoms with E-state index in [-0.39, 0.29) is 46.5 Å². The zero-order valence-electron chi connectivity index (χ0n) is 11.3. The van der Waals surface area contributed by atoms with E-state index in [1.165, 1.54) is 5.57 Å². The minimum Gasteiger partial charge on any atom is -0.456 e. The van der Waals surface area contributed by atoms with Crippen LogP contribution in [0.15, 0.2) is 17.7 Å². The molecule has 17 heavy (non-hydrogen) atoms. The van der Waals surface area contributed by atoms with Gasteiger partial charge in [-0.3, -0.25) is 6.08 Å². The minimum atomic E-state index is -1.49. The summed E-state index contributed by atoms with van der Waals surface area (Å²) in [6, 6.07) is 1.12. The molecule has 1 nitrogen and oxygen atoms in total. The van der Waals surface area contributed by atoms with E-state index in [0.717, 1.165) is 12.5 Å². The fourth-order valence-corrected chi connectivity index (χ4v) is 9.98. The predicted octanol–water partition coefficient (Wildman–Crippen LogP) is 4.57. The Morgan fingerprint density at radius 1 is 1.18 bits per heavy atom. The van der Waals surface area contributed by atoms with Crippen LogP contribution in [-0.2, 0) is 25.8 Å². The van der Waals surface area contributed by atoms with Crippen molar-refractivity contribution in [1.29, 1.82) is 0 Å². The van der Waals surface area contributed by atoms with Crippen molar-refractivity contribution < 1.29 is 25.8 Å². The molecule has 0 bridgehead atoms. The van der Waals surface area contributed by atoms with Crippen LogP contribution in [0.25, 0.3) is 0 Å². The van der Waals surface area contributed by atoms with Crippen molar-refractivity contribution in [1.82, 2.24) is 0 Å². The average molecular weight is 346 g/mol. The molecule has 0 radical (unpaired) electrons. The van der Waals surface area contributed by atoms with Gasteiger partial charge in [-0.1, -0.05) is 0 Å². The van der Waals surface area contributed by atoms with Gasteiger partial charge in [0.1, 0.15) is 0 Å². The number of halogens is 2. The Kier molecular flexibility index (Phi) is 12.5. The summed E-state index contributed by atoms with van der Waals surface area (Å²) in [4.78, 5) is 0. The Morgan fingerprint density at radius 3 is 2.06 bits per heavy atom. The summed E-state index contributed by atoms with van der Waals surface area (Å²) >= 11 is 0. The molecule has 0 saturated heterocycles. The third-order valence-electron chi connectivity index (χ3n) is 1.96. The molecule has 1 rings (SSSR count). The van der Waals surface area contributed by atoms with Gasteiger partial charge in [0.05, 0.1) is 0 Å². The van der Waals surface area contributed by atoms with E-state index >= 15 is 0 Å². The summed E-state index contributed by atoms with van der Waals surface area (Å²) in [6.45, 7) is 11.4. The second kappa shape index (κ2) is 9.13. The van der Waals surface area contributed by atoms with E-state index in [9.17, 15) is 0 Å². The topological polar surface area (TPSA) is 9.23 Å². The molecular formula is C11H23Cl2OSi2Ti-. The summed E-state index contributed by atoms with van der Waals surface area (Å²) in [7, 11) is -2.86. The molecule has 0 aromatic heterocycles. The van der Waals surface area contributed by atoms with Gasteiger partial charge >= 0.3 is 0 Å². The van der Waals surface area contributed by atoms with Crippen LogP contribution < -0.4 is 0 Å². The first-order chi connectivity index (χ1) is 6.29. The van der Waals surface area contributed by atoms with Crippen LogP contribution >= 0.6 is 24.8 Å². The van der Waals surface area contributed by atoms with Crippen molar-refractivity contribution in [2.75, 3.05) is 0 Å². The van der Waals surface area contributed by atoms with Crippen molar-refractivity contribution in [3.63, 3.8) is 0 Å². The van der Waals surface area contributed by atoms with Gasteiger partial charge < -0.3 is 4.12 Å². The molecule has 0 unspecified atom stereocenters. The van der Waals surface area contributed by atoms with Gasteiger partial charge in [0.2, 0.25) is 0 Å². The Balaban J connectivity index is -0.000000653. The van der Waals surface area contributed by atoms with Crippen LogP contribution in [0.5, 0.6) is 0 Å². The fraction of sp³-hybridized carbons (Fsp3) is 0.636. The largest absolute Gasteiger partial charge is 0.456 e. The van der Waals surface area contributed by atoms with E-state index in [1.54, 1.807) is 0 Å². The van der Waals surface area contributed by atoms with Crippen LogP contribution in [0, 0.1) is 6.08 Å². The predicted molar refractivity (Wildman–Crippen MR) is 81.7 cm³/mol. The Labute approximate surface area is 135 Å². The maximum atomic E-state index is 6.27. The molecule has 0 amide bonds. The summed E-state index contributed by atoms with van der Waals surface area (Å²) in [5.74, 6) is 0. The molecule has 0 N–H and O–H groups in total. The molecule has 1 aliphatic carbocycles. The van der Waals surface area contributed by atoms with Gasteiger partial charge in [0.15, 0.2) is 16.6 Å². The first kappa shape index (κ1) is 23.3. The molecule has 100 valence electrons. The number of hydrogen-bond acceptors (Lipinski definition) is 1. The fourth-order valence-electron chi connectivity index (χ4n) is 1.90. The van der Waals surface area contributed by atoms with Crippen LogP contribution in [0.4, 0.5) is 0 Å². The first-order valence-electron chi connectivity index (χ1n) is 5.25. The summed E-state index contributed by atoms with van der Waals surface area (Å²) in [6.07, 6.45) is 8.74. The first-order valence-corrected chi connectivity index (χ1v) is 11.8. The Bertz CT molecular complexity index is 273. The Morgan fingerprint density at radius 2 is 1.71 bits per heavy atom. The monoisotopic (exact) mass is 345 g/mol. The van der Waals surface area contributed by atoms with Crippen LogP contribution in [0.3, 0.4) is 0 Å². The molecule has 0 spiro atoms. The van der Waals surface area contributed by atoms with Crippen LogP contribution in [0.1, 0.15) is 6.42 Å². The third-order valence-corrected chi connectivity index (χ3v) is 7.86. The molecule has 0 aliphatic heterocycles. The van der Waals surface area contributed by atoms with Crippen molar-refractivity contribution in [2.45, 2.75) is 45.2 Å². The maximum absolute atomic E-state index is 6.27. The van der Waals surface area contributed by atoms with Crippen molar-refractivity contribution in [3.05, 3.63) is 23.8 Å². The third kappa shape index (κ3) is 10.8. The van der Waals surface area contributed by atoms with E-state index in [1.807, 2.05) is 0 Å². The van der Waals surface area contributed by atoms with Gasteiger partial charge in [-0.2, -0.15) is 6.08 Å². The standard InChI is InChI=1S/C11H21OSi2.2ClH.Ti/c1-13(2,3)12-14(4,5)10-11-8-6-7-9-11;;;/h6,8H,7,10H2,1-5H3;2*1H;/q-1;;;. The molecule has 0 heterocycles. The zero-order valence-corrected chi connectivity index (χ0v) is 16.5. The second-order valence-electron chi connectivity index (χ2n) is 5.46. The summed E-state index contributed by atoms with van der Waals surface area (Å²) in [5.41, 5.74) is 1.36. The molecule has 0 fully saturated rings. The minimum absolute atomic E-state index is 0.